The maximum Gasteiger partial charge on any atom is 0.165 e. The van der Waals surface area contributed by atoms with Gasteiger partial charge in [-0.3, -0.25) is 4.90 Å². The number of likely N-dealkylation sites (tertiary alicyclic amines) is 1. The first-order valence-corrected chi connectivity index (χ1v) is 6.79. The van der Waals surface area contributed by atoms with Gasteiger partial charge in [-0.05, 0) is 42.2 Å². The summed E-state index contributed by atoms with van der Waals surface area (Å²) in [6.07, 6.45) is 3.57. The summed E-state index contributed by atoms with van der Waals surface area (Å²) in [6, 6.07) is 0. The Hall–Kier alpha value is -1.01. The Morgan fingerprint density at radius 3 is 3.11 bits per heavy atom. The maximum absolute atomic E-state index is 5.25. The molecular formula is C12H23N5O. The van der Waals surface area contributed by atoms with E-state index in [-0.39, 0.29) is 0 Å². The van der Waals surface area contributed by atoms with Gasteiger partial charge < -0.3 is 4.74 Å². The predicted octanol–water partition coefficient (Wildman–Crippen LogP) is 0.941. The third kappa shape index (κ3) is 3.49. The van der Waals surface area contributed by atoms with E-state index in [1.54, 1.807) is 7.11 Å². The van der Waals surface area contributed by atoms with Gasteiger partial charge in [-0.25, -0.2) is 4.68 Å². The molecule has 18 heavy (non-hydrogen) atoms. The lowest BCUT2D eigenvalue weighted by molar-refractivity contribution is 0.0854. The van der Waals surface area contributed by atoms with Gasteiger partial charge >= 0.3 is 0 Å². The lowest BCUT2D eigenvalue weighted by Gasteiger charge is -2.31. The van der Waals surface area contributed by atoms with Gasteiger partial charge in [0.15, 0.2) is 5.82 Å². The molecule has 0 spiro atoms. The number of nitrogens with zero attached hydrogens (tertiary/aromatic N) is 5. The molecule has 1 aliphatic heterocycles. The quantitative estimate of drug-likeness (QED) is 0.755. The number of methoxy groups -OCH3 is 1. The predicted molar refractivity (Wildman–Crippen MR) is 68.0 cm³/mol. The fourth-order valence-electron chi connectivity index (χ4n) is 2.59. The highest BCUT2D eigenvalue weighted by Crippen LogP contribution is 2.18. The molecule has 1 fully saturated rings. The molecule has 102 valence electrons. The Bertz CT molecular complexity index is 352. The molecule has 0 radical (unpaired) electrons. The monoisotopic (exact) mass is 253 g/mol. The van der Waals surface area contributed by atoms with E-state index < -0.39 is 0 Å². The Balaban J connectivity index is 1.89. The molecule has 0 N–H and O–H groups in total. The number of hydrogen-bond donors (Lipinski definition) is 0. The molecule has 0 amide bonds. The minimum Gasteiger partial charge on any atom is -0.384 e. The van der Waals surface area contributed by atoms with Crippen LogP contribution in [-0.4, -0.2) is 51.9 Å². The Morgan fingerprint density at radius 1 is 1.44 bits per heavy atom. The van der Waals surface area contributed by atoms with Crippen LogP contribution in [0.2, 0.25) is 0 Å². The van der Waals surface area contributed by atoms with Crippen molar-refractivity contribution >= 4 is 0 Å². The Kier molecular flexibility index (Phi) is 5.07. The van der Waals surface area contributed by atoms with E-state index in [4.69, 9.17) is 4.74 Å². The largest absolute Gasteiger partial charge is 0.384 e. The summed E-state index contributed by atoms with van der Waals surface area (Å²) in [4.78, 5) is 2.44. The summed E-state index contributed by atoms with van der Waals surface area (Å²) in [7, 11) is 1.78. The summed E-state index contributed by atoms with van der Waals surface area (Å²) in [5, 5.41) is 11.9. The average molecular weight is 253 g/mol. The third-order valence-electron chi connectivity index (χ3n) is 3.41. The molecule has 2 heterocycles. The molecule has 0 saturated carbocycles. The van der Waals surface area contributed by atoms with Gasteiger partial charge in [0.05, 0.1) is 13.2 Å². The maximum atomic E-state index is 5.25. The van der Waals surface area contributed by atoms with Gasteiger partial charge in [-0.1, -0.05) is 6.92 Å². The van der Waals surface area contributed by atoms with Gasteiger partial charge in [0.1, 0.15) is 0 Å². The number of aromatic nitrogens is 4. The summed E-state index contributed by atoms with van der Waals surface area (Å²) < 4.78 is 7.17. The molecule has 2 rings (SSSR count). The molecule has 0 bridgehead atoms. The van der Waals surface area contributed by atoms with Crippen molar-refractivity contribution in [2.45, 2.75) is 39.3 Å². The number of hydrogen-bond acceptors (Lipinski definition) is 5. The SMILES string of the molecule is CCCn1nnnc1CN1CCCC(COC)C1. The van der Waals surface area contributed by atoms with Crippen LogP contribution < -0.4 is 0 Å². The van der Waals surface area contributed by atoms with Gasteiger partial charge in [0, 0.05) is 20.2 Å². The third-order valence-corrected chi connectivity index (χ3v) is 3.41. The number of aryl methyl sites for hydroxylation is 1. The van der Waals surface area contributed by atoms with E-state index in [1.807, 2.05) is 4.68 Å². The fraction of sp³-hybridized carbons (Fsp3) is 0.917. The second kappa shape index (κ2) is 6.80. The van der Waals surface area contributed by atoms with E-state index in [1.165, 1.54) is 12.8 Å². The minimum atomic E-state index is 0.652. The number of rotatable bonds is 6. The van der Waals surface area contributed by atoms with Gasteiger partial charge in [-0.15, -0.1) is 5.10 Å². The average Bonchev–Trinajstić information content (AvgIpc) is 2.78. The van der Waals surface area contributed by atoms with Crippen molar-refractivity contribution in [3.63, 3.8) is 0 Å². The lowest BCUT2D eigenvalue weighted by Crippen LogP contribution is -2.37. The van der Waals surface area contributed by atoms with Crippen LogP contribution in [0.5, 0.6) is 0 Å². The highest BCUT2D eigenvalue weighted by Gasteiger charge is 2.21. The topological polar surface area (TPSA) is 56.1 Å². The molecule has 0 aliphatic carbocycles. The molecule has 1 saturated heterocycles. The van der Waals surface area contributed by atoms with Gasteiger partial charge in [0.2, 0.25) is 0 Å². The molecule has 0 aromatic carbocycles. The first-order chi connectivity index (χ1) is 8.83. The Morgan fingerprint density at radius 2 is 2.33 bits per heavy atom. The van der Waals surface area contributed by atoms with Gasteiger partial charge in [0.25, 0.3) is 0 Å². The molecule has 6 heteroatoms. The summed E-state index contributed by atoms with van der Waals surface area (Å²) >= 11 is 0. The normalized spacial score (nSPS) is 21.3. The van der Waals surface area contributed by atoms with Crippen molar-refractivity contribution in [1.29, 1.82) is 0 Å². The minimum absolute atomic E-state index is 0.652. The van der Waals surface area contributed by atoms with E-state index in [2.05, 4.69) is 27.3 Å². The van der Waals surface area contributed by atoms with E-state index in [0.717, 1.165) is 45.0 Å². The van der Waals surface area contributed by atoms with E-state index in [9.17, 15) is 0 Å². The highest BCUT2D eigenvalue weighted by atomic mass is 16.5. The van der Waals surface area contributed by atoms with Crippen LogP contribution in [0.15, 0.2) is 0 Å². The molecule has 1 aliphatic rings. The molecule has 1 aromatic rings. The zero-order valence-electron chi connectivity index (χ0n) is 11.4. The summed E-state index contributed by atoms with van der Waals surface area (Å²) in [5.74, 6) is 1.63. The summed E-state index contributed by atoms with van der Waals surface area (Å²) in [5.41, 5.74) is 0. The summed E-state index contributed by atoms with van der Waals surface area (Å²) in [6.45, 7) is 6.98. The van der Waals surface area contributed by atoms with Crippen LogP contribution in [0.1, 0.15) is 32.0 Å². The smallest absolute Gasteiger partial charge is 0.165 e. The van der Waals surface area contributed by atoms with Crippen LogP contribution in [0, 0.1) is 5.92 Å². The standard InChI is InChI=1S/C12H23N5O/c1-3-6-17-12(13-14-15-17)9-16-7-4-5-11(8-16)10-18-2/h11H,3-10H2,1-2H3. The first-order valence-electron chi connectivity index (χ1n) is 6.79. The van der Waals surface area contributed by atoms with E-state index in [0.29, 0.717) is 5.92 Å². The molecule has 1 atom stereocenters. The highest BCUT2D eigenvalue weighted by molar-refractivity contribution is 4.83. The van der Waals surface area contributed by atoms with Crippen molar-refractivity contribution in [2.24, 2.45) is 5.92 Å². The molecule has 1 unspecified atom stereocenters. The van der Waals surface area contributed by atoms with Crippen LogP contribution in [0.25, 0.3) is 0 Å². The van der Waals surface area contributed by atoms with Crippen molar-refractivity contribution in [2.75, 3.05) is 26.8 Å². The Labute approximate surface area is 108 Å². The number of piperidine rings is 1. The lowest BCUT2D eigenvalue weighted by atomic mass is 9.99. The zero-order chi connectivity index (χ0) is 12.8. The number of ether oxygens (including phenoxy) is 1. The van der Waals surface area contributed by atoms with E-state index >= 15 is 0 Å². The van der Waals surface area contributed by atoms with Crippen LogP contribution >= 0.6 is 0 Å². The van der Waals surface area contributed by atoms with Crippen molar-refractivity contribution in [3.8, 4) is 0 Å². The first kappa shape index (κ1) is 13.4. The second-order valence-corrected chi connectivity index (χ2v) is 5.02. The van der Waals surface area contributed by atoms with Gasteiger partial charge in [-0.2, -0.15) is 0 Å². The molecule has 1 aromatic heterocycles. The van der Waals surface area contributed by atoms with Crippen molar-refractivity contribution in [1.82, 2.24) is 25.1 Å². The molecular weight excluding hydrogens is 230 g/mol. The van der Waals surface area contributed by atoms with Crippen LogP contribution in [0.4, 0.5) is 0 Å². The molecule has 6 nitrogen and oxygen atoms in total. The van der Waals surface area contributed by atoms with Crippen molar-refractivity contribution < 1.29 is 4.74 Å². The fourth-order valence-corrected chi connectivity index (χ4v) is 2.59. The van der Waals surface area contributed by atoms with Crippen LogP contribution in [0.3, 0.4) is 0 Å². The van der Waals surface area contributed by atoms with Crippen LogP contribution in [-0.2, 0) is 17.8 Å². The zero-order valence-corrected chi connectivity index (χ0v) is 11.4. The second-order valence-electron chi connectivity index (χ2n) is 5.02. The number of tetrazole rings is 1. The van der Waals surface area contributed by atoms with Crippen molar-refractivity contribution in [3.05, 3.63) is 5.82 Å².